The monoisotopic (exact) mass is 249 g/mol. The molecule has 0 atom stereocenters. The molecule has 19 heavy (non-hydrogen) atoms. The van der Waals surface area contributed by atoms with Crippen LogP contribution < -0.4 is 0 Å². The molecule has 3 nitrogen and oxygen atoms in total. The number of hydrogen-bond acceptors (Lipinski definition) is 2. The molecule has 0 saturated heterocycles. The molecule has 2 heterocycles. The van der Waals surface area contributed by atoms with Crippen LogP contribution in [0.1, 0.15) is 21.6 Å². The molecule has 1 N–H and O–H groups in total. The number of nitrogens with zero attached hydrogens (tertiary/aromatic N) is 1. The van der Waals surface area contributed by atoms with E-state index in [9.17, 15) is 9.90 Å². The largest absolute Gasteiger partial charge is 0.494 e. The van der Waals surface area contributed by atoms with Gasteiger partial charge in [0.25, 0.3) is 0 Å². The van der Waals surface area contributed by atoms with Gasteiger partial charge in [-0.05, 0) is 11.6 Å². The average molecular weight is 249 g/mol. The van der Waals surface area contributed by atoms with Crippen LogP contribution in [0.5, 0.6) is 5.88 Å². The van der Waals surface area contributed by atoms with Gasteiger partial charge in [0.2, 0.25) is 5.78 Å². The highest BCUT2D eigenvalue weighted by atomic mass is 16.3. The minimum atomic E-state index is -0.0154. The van der Waals surface area contributed by atoms with Crippen molar-refractivity contribution in [3.05, 3.63) is 65.4 Å². The molecule has 2 aromatic carbocycles. The Morgan fingerprint density at radius 3 is 2.47 bits per heavy atom. The fourth-order valence-electron chi connectivity index (χ4n) is 2.86. The van der Waals surface area contributed by atoms with Gasteiger partial charge in [0.05, 0.1) is 6.54 Å². The van der Waals surface area contributed by atoms with E-state index in [0.717, 1.165) is 21.9 Å². The van der Waals surface area contributed by atoms with Crippen LogP contribution in [-0.4, -0.2) is 15.5 Å². The molecule has 4 rings (SSSR count). The second-order valence-electron chi connectivity index (χ2n) is 4.79. The van der Waals surface area contributed by atoms with E-state index in [1.54, 1.807) is 4.57 Å². The smallest absolute Gasteiger partial charge is 0.210 e. The first-order chi connectivity index (χ1) is 9.27. The number of hydrogen-bond donors (Lipinski definition) is 1. The SMILES string of the molecule is O=C1c2ccccc2Cn2c(O)c3ccccc3c21. The van der Waals surface area contributed by atoms with Crippen molar-refractivity contribution in [2.75, 3.05) is 0 Å². The summed E-state index contributed by atoms with van der Waals surface area (Å²) in [4.78, 5) is 12.6. The molecule has 0 fully saturated rings. The predicted octanol–water partition coefficient (Wildman–Crippen LogP) is 2.94. The fourth-order valence-corrected chi connectivity index (χ4v) is 2.86. The maximum absolute atomic E-state index is 12.6. The molecule has 1 aliphatic rings. The Morgan fingerprint density at radius 1 is 0.947 bits per heavy atom. The molecule has 0 unspecified atom stereocenters. The number of aromatic nitrogens is 1. The van der Waals surface area contributed by atoms with E-state index in [4.69, 9.17) is 0 Å². The van der Waals surface area contributed by atoms with E-state index in [0.29, 0.717) is 12.2 Å². The van der Waals surface area contributed by atoms with Gasteiger partial charge in [0.1, 0.15) is 5.69 Å². The van der Waals surface area contributed by atoms with Crippen LogP contribution in [0.15, 0.2) is 48.5 Å². The first-order valence-electron chi connectivity index (χ1n) is 6.20. The lowest BCUT2D eigenvalue weighted by Crippen LogP contribution is -2.19. The number of ketones is 1. The quantitative estimate of drug-likeness (QED) is 0.520. The zero-order chi connectivity index (χ0) is 13.0. The minimum absolute atomic E-state index is 0.0154. The van der Waals surface area contributed by atoms with E-state index >= 15 is 0 Å². The van der Waals surface area contributed by atoms with Crippen LogP contribution in [0.25, 0.3) is 10.8 Å². The van der Waals surface area contributed by atoms with Crippen molar-refractivity contribution in [2.24, 2.45) is 0 Å². The van der Waals surface area contributed by atoms with Crippen molar-refractivity contribution in [3.8, 4) is 5.88 Å². The van der Waals surface area contributed by atoms with Crippen molar-refractivity contribution in [1.82, 2.24) is 4.57 Å². The van der Waals surface area contributed by atoms with Gasteiger partial charge in [-0.15, -0.1) is 0 Å². The molecule has 3 aromatic rings. The first kappa shape index (κ1) is 10.4. The van der Waals surface area contributed by atoms with Gasteiger partial charge in [-0.25, -0.2) is 0 Å². The van der Waals surface area contributed by atoms with Crippen molar-refractivity contribution in [2.45, 2.75) is 6.54 Å². The molecule has 0 bridgehead atoms. The summed E-state index contributed by atoms with van der Waals surface area (Å²) >= 11 is 0. The molecule has 0 amide bonds. The Hall–Kier alpha value is -2.55. The summed E-state index contributed by atoms with van der Waals surface area (Å²) < 4.78 is 1.70. The summed E-state index contributed by atoms with van der Waals surface area (Å²) in [6.45, 7) is 0.539. The summed E-state index contributed by atoms with van der Waals surface area (Å²) in [5.41, 5.74) is 2.28. The van der Waals surface area contributed by atoms with Crippen LogP contribution in [0.4, 0.5) is 0 Å². The average Bonchev–Trinajstić information content (AvgIpc) is 2.74. The molecule has 1 aromatic heterocycles. The second-order valence-corrected chi connectivity index (χ2v) is 4.79. The van der Waals surface area contributed by atoms with Gasteiger partial charge < -0.3 is 9.67 Å². The fraction of sp³-hybridized carbons (Fsp3) is 0.0625. The normalized spacial score (nSPS) is 13.4. The van der Waals surface area contributed by atoms with Crippen molar-refractivity contribution >= 4 is 16.6 Å². The molecule has 0 spiro atoms. The zero-order valence-corrected chi connectivity index (χ0v) is 10.1. The molecular formula is C16H11NO2. The summed E-state index contributed by atoms with van der Waals surface area (Å²) in [5.74, 6) is 0.159. The summed E-state index contributed by atoms with van der Waals surface area (Å²) in [5, 5.41) is 11.8. The number of aromatic hydroxyl groups is 1. The highest BCUT2D eigenvalue weighted by Gasteiger charge is 2.28. The van der Waals surface area contributed by atoms with Gasteiger partial charge >= 0.3 is 0 Å². The van der Waals surface area contributed by atoms with Crippen LogP contribution in [0, 0.1) is 0 Å². The van der Waals surface area contributed by atoms with Crippen LogP contribution in [0.2, 0.25) is 0 Å². The van der Waals surface area contributed by atoms with E-state index in [-0.39, 0.29) is 11.7 Å². The van der Waals surface area contributed by atoms with Gasteiger partial charge in [-0.1, -0.05) is 42.5 Å². The van der Waals surface area contributed by atoms with E-state index in [1.807, 2.05) is 48.5 Å². The zero-order valence-electron chi connectivity index (χ0n) is 10.1. The molecule has 0 radical (unpaired) electrons. The van der Waals surface area contributed by atoms with Gasteiger partial charge in [0.15, 0.2) is 5.88 Å². The molecule has 1 aliphatic heterocycles. The molecule has 92 valence electrons. The van der Waals surface area contributed by atoms with Crippen LogP contribution in [-0.2, 0) is 6.54 Å². The van der Waals surface area contributed by atoms with Crippen LogP contribution >= 0.6 is 0 Å². The minimum Gasteiger partial charge on any atom is -0.494 e. The number of carbonyl (C=O) groups is 1. The predicted molar refractivity (Wildman–Crippen MR) is 72.6 cm³/mol. The molecule has 3 heteroatoms. The summed E-state index contributed by atoms with van der Waals surface area (Å²) in [6.07, 6.45) is 0. The summed E-state index contributed by atoms with van der Waals surface area (Å²) in [7, 11) is 0. The number of carbonyl (C=O) groups excluding carboxylic acids is 1. The maximum Gasteiger partial charge on any atom is 0.210 e. The summed E-state index contributed by atoms with van der Waals surface area (Å²) in [6, 6.07) is 15.0. The third-order valence-electron chi connectivity index (χ3n) is 3.75. The lowest BCUT2D eigenvalue weighted by Gasteiger charge is -2.18. The highest BCUT2D eigenvalue weighted by molar-refractivity contribution is 6.18. The standard InChI is InChI=1S/C16H11NO2/c18-15-11-6-2-1-5-10(11)9-17-14(15)12-7-3-4-8-13(12)16(17)19/h1-8,19H,9H2. The highest BCUT2D eigenvalue weighted by Crippen LogP contribution is 2.36. The van der Waals surface area contributed by atoms with Crippen molar-refractivity contribution < 1.29 is 9.90 Å². The Kier molecular flexibility index (Phi) is 1.90. The number of rotatable bonds is 0. The number of fused-ring (bicyclic) bond motifs is 4. The molecule has 0 saturated carbocycles. The first-order valence-corrected chi connectivity index (χ1v) is 6.20. The Balaban J connectivity index is 2.11. The van der Waals surface area contributed by atoms with Gasteiger partial charge in [0, 0.05) is 16.3 Å². The molecule has 0 aliphatic carbocycles. The van der Waals surface area contributed by atoms with Gasteiger partial charge in [-0.3, -0.25) is 4.79 Å². The topological polar surface area (TPSA) is 42.2 Å². The molecular weight excluding hydrogens is 238 g/mol. The lowest BCUT2D eigenvalue weighted by molar-refractivity contribution is 0.102. The Labute approximate surface area is 109 Å². The van der Waals surface area contributed by atoms with E-state index in [2.05, 4.69) is 0 Å². The van der Waals surface area contributed by atoms with Crippen molar-refractivity contribution in [3.63, 3.8) is 0 Å². The third kappa shape index (κ3) is 1.24. The van der Waals surface area contributed by atoms with E-state index in [1.165, 1.54) is 0 Å². The van der Waals surface area contributed by atoms with Crippen molar-refractivity contribution in [1.29, 1.82) is 0 Å². The van der Waals surface area contributed by atoms with Gasteiger partial charge in [-0.2, -0.15) is 0 Å². The number of benzene rings is 2. The van der Waals surface area contributed by atoms with Crippen LogP contribution in [0.3, 0.4) is 0 Å². The third-order valence-corrected chi connectivity index (χ3v) is 3.75. The lowest BCUT2D eigenvalue weighted by atomic mass is 9.97. The second kappa shape index (κ2) is 3.48. The Morgan fingerprint density at radius 2 is 1.63 bits per heavy atom. The maximum atomic E-state index is 12.6. The van der Waals surface area contributed by atoms with E-state index < -0.39 is 0 Å². The Bertz CT molecular complexity index is 830.